The largest absolute Gasteiger partial charge is 0.618 e. The van der Waals surface area contributed by atoms with Crippen LogP contribution >= 0.6 is 11.8 Å². The fourth-order valence-electron chi connectivity index (χ4n) is 2.80. The van der Waals surface area contributed by atoms with Crippen LogP contribution in [0.2, 0.25) is 0 Å². The lowest BCUT2D eigenvalue weighted by Crippen LogP contribution is -2.54. The first-order chi connectivity index (χ1) is 11.2. The molecule has 1 saturated heterocycles. The number of pyridine rings is 1. The summed E-state index contributed by atoms with van der Waals surface area (Å²) in [6.07, 6.45) is -0.453. The number of aliphatic hydroxyl groups excluding tert-OH is 1. The summed E-state index contributed by atoms with van der Waals surface area (Å²) in [4.78, 5) is 15.1. The molecule has 2 heterocycles. The summed E-state index contributed by atoms with van der Waals surface area (Å²) < 4.78 is 0.899. The third kappa shape index (κ3) is 3.21. The van der Waals surface area contributed by atoms with Crippen LogP contribution in [0.4, 0.5) is 0 Å². The minimum absolute atomic E-state index is 0.0602. The van der Waals surface area contributed by atoms with Gasteiger partial charge >= 0.3 is 0 Å². The summed E-state index contributed by atoms with van der Waals surface area (Å²) in [5.74, 6) is -0.197. The van der Waals surface area contributed by atoms with E-state index in [1.54, 1.807) is 29.7 Å². The molecule has 1 amide bonds. The fourth-order valence-corrected chi connectivity index (χ4v) is 3.81. The number of benzene rings is 1. The number of aromatic nitrogens is 1. The number of fused-ring (bicyclic) bond motifs is 1. The first-order valence-electron chi connectivity index (χ1n) is 7.99. The van der Waals surface area contributed by atoms with Crippen molar-refractivity contribution in [1.82, 2.24) is 4.90 Å². The number of amides is 1. The Morgan fingerprint density at radius 1 is 1.33 bits per heavy atom. The first-order valence-corrected chi connectivity index (χ1v) is 8.80. The van der Waals surface area contributed by atoms with Crippen LogP contribution in [0.3, 0.4) is 0 Å². The molecule has 128 valence electrons. The molecular weight excluding hydrogens is 324 g/mol. The molecule has 0 bridgehead atoms. The zero-order valence-electron chi connectivity index (χ0n) is 14.4. The standard InChI is InChI=1S/C18H22N2O3S/c1-11-15(17(22)19-9-13(21)10-19)7-12-5-6-14(24-18(2,3)4)8-16(12)20(11)23/h5-8,13,21H,9-10H2,1-4H3. The number of hydrogen-bond acceptors (Lipinski definition) is 4. The minimum atomic E-state index is -0.453. The topological polar surface area (TPSA) is 67.5 Å². The van der Waals surface area contributed by atoms with E-state index in [-0.39, 0.29) is 10.7 Å². The van der Waals surface area contributed by atoms with E-state index in [2.05, 4.69) is 20.8 Å². The normalized spacial score (nSPS) is 15.6. The third-order valence-electron chi connectivity index (χ3n) is 4.02. The van der Waals surface area contributed by atoms with Gasteiger partial charge < -0.3 is 15.2 Å². The van der Waals surface area contributed by atoms with Crippen LogP contribution in [0.5, 0.6) is 0 Å². The quantitative estimate of drug-likeness (QED) is 0.515. The molecule has 0 aliphatic carbocycles. The summed E-state index contributed by atoms with van der Waals surface area (Å²) >= 11 is 1.70. The van der Waals surface area contributed by atoms with E-state index < -0.39 is 6.10 Å². The van der Waals surface area contributed by atoms with E-state index in [1.165, 1.54) is 0 Å². The SMILES string of the molecule is Cc1c(C(=O)N2CC(O)C2)cc2ccc(SC(C)(C)C)cc2[n+]1[O-]. The van der Waals surface area contributed by atoms with Gasteiger partial charge in [0.25, 0.3) is 5.91 Å². The molecule has 0 atom stereocenters. The van der Waals surface area contributed by atoms with Crippen molar-refractivity contribution in [2.75, 3.05) is 13.1 Å². The highest BCUT2D eigenvalue weighted by molar-refractivity contribution is 8.00. The van der Waals surface area contributed by atoms with Gasteiger partial charge in [0.2, 0.25) is 11.2 Å². The Hall–Kier alpha value is -1.79. The molecule has 1 aliphatic heterocycles. The molecule has 1 aliphatic rings. The maximum absolute atomic E-state index is 12.7. The zero-order valence-corrected chi connectivity index (χ0v) is 15.2. The van der Waals surface area contributed by atoms with Gasteiger partial charge in [-0.15, -0.1) is 11.8 Å². The fraction of sp³-hybridized carbons (Fsp3) is 0.444. The lowest BCUT2D eigenvalue weighted by molar-refractivity contribution is -0.584. The average Bonchev–Trinajstić information content (AvgIpc) is 2.46. The van der Waals surface area contributed by atoms with Crippen LogP contribution in [0, 0.1) is 12.1 Å². The molecule has 1 aromatic carbocycles. The Kier molecular flexibility index (Phi) is 4.21. The molecule has 2 aromatic rings. The van der Waals surface area contributed by atoms with E-state index in [0.717, 1.165) is 15.0 Å². The molecule has 6 heteroatoms. The van der Waals surface area contributed by atoms with Gasteiger partial charge in [-0.1, -0.05) is 20.8 Å². The molecule has 1 fully saturated rings. The summed E-state index contributed by atoms with van der Waals surface area (Å²) in [6.45, 7) is 8.71. The maximum atomic E-state index is 12.7. The lowest BCUT2D eigenvalue weighted by atomic mass is 10.1. The second kappa shape index (κ2) is 5.93. The van der Waals surface area contributed by atoms with E-state index in [4.69, 9.17) is 0 Å². The number of β-amino-alcohol motifs (C(OH)–C–C–N with tert-alkyl or cyclic N) is 1. The number of aliphatic hydroxyl groups is 1. The van der Waals surface area contributed by atoms with Gasteiger partial charge in [0.1, 0.15) is 5.56 Å². The van der Waals surface area contributed by atoms with Crippen molar-refractivity contribution >= 4 is 28.6 Å². The third-order valence-corrected chi connectivity index (χ3v) is 5.12. The number of thioether (sulfide) groups is 1. The highest BCUT2D eigenvalue weighted by Crippen LogP contribution is 2.33. The van der Waals surface area contributed by atoms with E-state index in [0.29, 0.717) is 29.9 Å². The van der Waals surface area contributed by atoms with E-state index in [1.807, 2.05) is 18.2 Å². The monoisotopic (exact) mass is 346 g/mol. The van der Waals surface area contributed by atoms with Gasteiger partial charge in [0.15, 0.2) is 0 Å². The molecule has 0 spiro atoms. The van der Waals surface area contributed by atoms with Gasteiger partial charge in [-0.25, -0.2) is 0 Å². The molecule has 0 saturated carbocycles. The van der Waals surface area contributed by atoms with Crippen molar-refractivity contribution in [2.24, 2.45) is 0 Å². The molecular formula is C18H22N2O3S. The number of nitrogens with zero attached hydrogens (tertiary/aromatic N) is 2. The minimum Gasteiger partial charge on any atom is -0.618 e. The van der Waals surface area contributed by atoms with Gasteiger partial charge in [0.05, 0.1) is 6.10 Å². The van der Waals surface area contributed by atoms with Gasteiger partial charge in [-0.3, -0.25) is 4.79 Å². The Morgan fingerprint density at radius 2 is 2.00 bits per heavy atom. The lowest BCUT2D eigenvalue weighted by Gasteiger charge is -2.35. The summed E-state index contributed by atoms with van der Waals surface area (Å²) in [5, 5.41) is 22.8. The van der Waals surface area contributed by atoms with E-state index in [9.17, 15) is 15.1 Å². The molecule has 1 aromatic heterocycles. The second-order valence-corrected chi connectivity index (χ2v) is 9.14. The van der Waals surface area contributed by atoms with Crippen molar-refractivity contribution in [3.8, 4) is 0 Å². The Bertz CT molecular complexity index is 808. The van der Waals surface area contributed by atoms with Crippen molar-refractivity contribution in [3.05, 3.63) is 40.7 Å². The number of carbonyl (C=O) groups is 1. The predicted molar refractivity (Wildman–Crippen MR) is 95.2 cm³/mol. The number of carbonyl (C=O) groups excluding carboxylic acids is 1. The summed E-state index contributed by atoms with van der Waals surface area (Å²) in [6, 6.07) is 7.53. The van der Waals surface area contributed by atoms with Crippen LogP contribution in [0.25, 0.3) is 10.9 Å². The Balaban J connectivity index is 2.01. The van der Waals surface area contributed by atoms with Gasteiger partial charge in [-0.05, 0) is 18.2 Å². The van der Waals surface area contributed by atoms with Crippen molar-refractivity contribution < 1.29 is 14.6 Å². The van der Waals surface area contributed by atoms with Crippen LogP contribution in [-0.2, 0) is 0 Å². The van der Waals surface area contributed by atoms with Crippen LogP contribution in [0.15, 0.2) is 29.2 Å². The van der Waals surface area contributed by atoms with Crippen molar-refractivity contribution in [3.63, 3.8) is 0 Å². The Labute approximate surface area is 145 Å². The van der Waals surface area contributed by atoms with Gasteiger partial charge in [-0.2, -0.15) is 4.73 Å². The Morgan fingerprint density at radius 3 is 2.58 bits per heavy atom. The molecule has 24 heavy (non-hydrogen) atoms. The van der Waals surface area contributed by atoms with Gasteiger partial charge in [0, 0.05) is 41.1 Å². The molecule has 0 unspecified atom stereocenters. The highest BCUT2D eigenvalue weighted by atomic mass is 32.2. The molecule has 1 N–H and O–H groups in total. The maximum Gasteiger partial charge on any atom is 0.260 e. The summed E-state index contributed by atoms with van der Waals surface area (Å²) in [5.41, 5.74) is 1.37. The molecule has 0 radical (unpaired) electrons. The number of hydrogen-bond donors (Lipinski definition) is 1. The zero-order chi connectivity index (χ0) is 17.6. The predicted octanol–water partition coefficient (Wildman–Crippen LogP) is 2.49. The molecule has 5 nitrogen and oxygen atoms in total. The second-order valence-electron chi connectivity index (χ2n) is 7.24. The number of likely N-dealkylation sites (tertiary alicyclic amines) is 1. The van der Waals surface area contributed by atoms with E-state index >= 15 is 0 Å². The van der Waals surface area contributed by atoms with Crippen LogP contribution in [-0.4, -0.2) is 39.9 Å². The smallest absolute Gasteiger partial charge is 0.260 e. The summed E-state index contributed by atoms with van der Waals surface area (Å²) in [7, 11) is 0. The van der Waals surface area contributed by atoms with Crippen LogP contribution < -0.4 is 4.73 Å². The van der Waals surface area contributed by atoms with Crippen LogP contribution in [0.1, 0.15) is 36.8 Å². The average molecular weight is 346 g/mol. The number of rotatable bonds is 2. The molecule has 3 rings (SSSR count). The van der Waals surface area contributed by atoms with Crippen molar-refractivity contribution in [1.29, 1.82) is 0 Å². The highest BCUT2D eigenvalue weighted by Gasteiger charge is 2.32. The first kappa shape index (κ1) is 17.0. The van der Waals surface area contributed by atoms with Crippen molar-refractivity contribution in [2.45, 2.75) is 43.4 Å².